The standard InChI is InChI=1S/C18H18O2/c1-12-7-10-15-14(11-16(19)17(15)18(12)20)9-8-13-5-3-2-4-6-13/h2-7,10,14,20H,8-9,11H2,1H3. The molecule has 0 spiro atoms. The number of Topliss-reactive ketones (excluding diaryl/α,β-unsaturated/α-hetero) is 1. The van der Waals surface area contributed by atoms with Crippen molar-refractivity contribution < 1.29 is 9.90 Å². The minimum absolute atomic E-state index is 0.0826. The Hall–Kier alpha value is -2.09. The minimum atomic E-state index is 0.0826. The first-order valence-electron chi connectivity index (χ1n) is 7.06. The van der Waals surface area contributed by atoms with E-state index in [-0.39, 0.29) is 17.5 Å². The van der Waals surface area contributed by atoms with Crippen molar-refractivity contribution in [2.45, 2.75) is 32.1 Å². The summed E-state index contributed by atoms with van der Waals surface area (Å²) in [4.78, 5) is 12.1. The first-order valence-corrected chi connectivity index (χ1v) is 7.06. The molecule has 1 aliphatic carbocycles. The van der Waals surface area contributed by atoms with Gasteiger partial charge in [0.2, 0.25) is 0 Å². The predicted molar refractivity (Wildman–Crippen MR) is 79.3 cm³/mol. The monoisotopic (exact) mass is 266 g/mol. The van der Waals surface area contributed by atoms with Gasteiger partial charge in [0.05, 0.1) is 5.56 Å². The van der Waals surface area contributed by atoms with Crippen LogP contribution in [0.1, 0.15) is 45.8 Å². The fourth-order valence-corrected chi connectivity index (χ4v) is 3.02. The maximum atomic E-state index is 12.1. The van der Waals surface area contributed by atoms with Crippen molar-refractivity contribution in [3.63, 3.8) is 0 Å². The lowest BCUT2D eigenvalue weighted by Crippen LogP contribution is -1.97. The molecule has 102 valence electrons. The van der Waals surface area contributed by atoms with Crippen molar-refractivity contribution in [3.8, 4) is 5.75 Å². The molecule has 0 aromatic heterocycles. The summed E-state index contributed by atoms with van der Waals surface area (Å²) in [6.45, 7) is 1.83. The van der Waals surface area contributed by atoms with Gasteiger partial charge in [0, 0.05) is 6.42 Å². The highest BCUT2D eigenvalue weighted by Crippen LogP contribution is 2.41. The molecule has 1 N–H and O–H groups in total. The van der Waals surface area contributed by atoms with Crippen LogP contribution in [0.4, 0.5) is 0 Å². The molecule has 0 radical (unpaired) electrons. The Morgan fingerprint density at radius 1 is 1.15 bits per heavy atom. The van der Waals surface area contributed by atoms with Crippen molar-refractivity contribution in [3.05, 3.63) is 64.7 Å². The quantitative estimate of drug-likeness (QED) is 0.911. The Morgan fingerprint density at radius 2 is 1.90 bits per heavy atom. The molecule has 0 saturated heterocycles. The molecule has 0 amide bonds. The van der Waals surface area contributed by atoms with Gasteiger partial charge in [-0.05, 0) is 42.4 Å². The van der Waals surface area contributed by atoms with Crippen molar-refractivity contribution in [2.75, 3.05) is 0 Å². The Balaban J connectivity index is 1.82. The number of benzene rings is 2. The number of ketones is 1. The SMILES string of the molecule is Cc1ccc2c(c1O)C(=O)CC2CCc1ccccc1. The molecule has 0 bridgehead atoms. The van der Waals surface area contributed by atoms with Crippen molar-refractivity contribution in [1.29, 1.82) is 0 Å². The summed E-state index contributed by atoms with van der Waals surface area (Å²) in [6, 6.07) is 14.2. The van der Waals surface area contributed by atoms with Gasteiger partial charge in [-0.15, -0.1) is 0 Å². The Morgan fingerprint density at radius 3 is 2.65 bits per heavy atom. The summed E-state index contributed by atoms with van der Waals surface area (Å²) in [5.41, 5.74) is 3.66. The van der Waals surface area contributed by atoms with Gasteiger partial charge in [-0.2, -0.15) is 0 Å². The smallest absolute Gasteiger partial charge is 0.167 e. The van der Waals surface area contributed by atoms with Crippen molar-refractivity contribution >= 4 is 5.78 Å². The summed E-state index contributed by atoms with van der Waals surface area (Å²) in [5.74, 6) is 0.498. The minimum Gasteiger partial charge on any atom is -0.507 e. The summed E-state index contributed by atoms with van der Waals surface area (Å²) < 4.78 is 0. The molecular formula is C18H18O2. The fraction of sp³-hybridized carbons (Fsp3) is 0.278. The topological polar surface area (TPSA) is 37.3 Å². The summed E-state index contributed by atoms with van der Waals surface area (Å²) >= 11 is 0. The van der Waals surface area contributed by atoms with E-state index in [0.29, 0.717) is 12.0 Å². The molecule has 0 aliphatic heterocycles. The van der Waals surface area contributed by atoms with Crippen LogP contribution in [-0.2, 0) is 6.42 Å². The average Bonchev–Trinajstić information content (AvgIpc) is 2.79. The lowest BCUT2D eigenvalue weighted by molar-refractivity contribution is 0.0986. The maximum absolute atomic E-state index is 12.1. The van der Waals surface area contributed by atoms with Crippen LogP contribution < -0.4 is 0 Å². The van der Waals surface area contributed by atoms with Crippen LogP contribution in [0.3, 0.4) is 0 Å². The number of phenolic OH excluding ortho intramolecular Hbond substituents is 1. The molecule has 3 rings (SSSR count). The van der Waals surface area contributed by atoms with E-state index >= 15 is 0 Å². The zero-order valence-corrected chi connectivity index (χ0v) is 11.6. The molecule has 2 nitrogen and oxygen atoms in total. The lowest BCUT2D eigenvalue weighted by atomic mass is 9.93. The third-order valence-corrected chi connectivity index (χ3v) is 4.19. The third-order valence-electron chi connectivity index (χ3n) is 4.19. The van der Waals surface area contributed by atoms with Gasteiger partial charge in [-0.1, -0.05) is 42.5 Å². The molecule has 2 aromatic rings. The normalized spacial score (nSPS) is 17.2. The van der Waals surface area contributed by atoms with Gasteiger partial charge < -0.3 is 5.11 Å². The van der Waals surface area contributed by atoms with Crippen LogP contribution in [-0.4, -0.2) is 10.9 Å². The highest BCUT2D eigenvalue weighted by atomic mass is 16.3. The second-order valence-electron chi connectivity index (χ2n) is 5.54. The molecule has 1 aliphatic rings. The molecule has 20 heavy (non-hydrogen) atoms. The molecule has 1 atom stereocenters. The lowest BCUT2D eigenvalue weighted by Gasteiger charge is -2.11. The third kappa shape index (κ3) is 2.22. The van der Waals surface area contributed by atoms with Gasteiger partial charge >= 0.3 is 0 Å². The van der Waals surface area contributed by atoms with Crippen LogP contribution in [0.5, 0.6) is 5.75 Å². The van der Waals surface area contributed by atoms with Gasteiger partial charge in [-0.25, -0.2) is 0 Å². The molecule has 2 heteroatoms. The van der Waals surface area contributed by atoms with Gasteiger partial charge in [0.25, 0.3) is 0 Å². The van der Waals surface area contributed by atoms with Crippen molar-refractivity contribution in [1.82, 2.24) is 0 Å². The fourth-order valence-electron chi connectivity index (χ4n) is 3.02. The van der Waals surface area contributed by atoms with Crippen LogP contribution in [0.25, 0.3) is 0 Å². The van der Waals surface area contributed by atoms with E-state index in [4.69, 9.17) is 0 Å². The Bertz CT molecular complexity index is 644. The van der Waals surface area contributed by atoms with E-state index in [1.54, 1.807) is 0 Å². The second-order valence-corrected chi connectivity index (χ2v) is 5.54. The molecule has 2 aromatic carbocycles. The highest BCUT2D eigenvalue weighted by Gasteiger charge is 2.31. The number of hydrogen-bond acceptors (Lipinski definition) is 2. The molecule has 0 saturated carbocycles. The summed E-state index contributed by atoms with van der Waals surface area (Å²) in [6.07, 6.45) is 2.44. The van der Waals surface area contributed by atoms with Crippen LogP contribution in [0, 0.1) is 6.92 Å². The van der Waals surface area contributed by atoms with Gasteiger partial charge in [-0.3, -0.25) is 4.79 Å². The maximum Gasteiger partial charge on any atom is 0.167 e. The number of fused-ring (bicyclic) bond motifs is 1. The van der Waals surface area contributed by atoms with E-state index in [1.807, 2.05) is 37.3 Å². The number of aromatic hydroxyl groups is 1. The molecule has 0 heterocycles. The summed E-state index contributed by atoms with van der Waals surface area (Å²) in [5, 5.41) is 10.1. The zero-order valence-electron chi connectivity index (χ0n) is 11.6. The summed E-state index contributed by atoms with van der Waals surface area (Å²) in [7, 11) is 0. The number of carbonyl (C=O) groups is 1. The van der Waals surface area contributed by atoms with Crippen LogP contribution in [0.2, 0.25) is 0 Å². The Kier molecular flexibility index (Phi) is 3.31. The predicted octanol–water partition coefficient (Wildman–Crippen LogP) is 4.00. The molecule has 0 fully saturated rings. The van der Waals surface area contributed by atoms with E-state index in [0.717, 1.165) is 24.0 Å². The van der Waals surface area contributed by atoms with Gasteiger partial charge in [0.1, 0.15) is 5.75 Å². The van der Waals surface area contributed by atoms with E-state index in [1.165, 1.54) is 5.56 Å². The first-order chi connectivity index (χ1) is 9.66. The van der Waals surface area contributed by atoms with Crippen molar-refractivity contribution in [2.24, 2.45) is 0 Å². The van der Waals surface area contributed by atoms with Crippen LogP contribution >= 0.6 is 0 Å². The van der Waals surface area contributed by atoms with Crippen LogP contribution in [0.15, 0.2) is 42.5 Å². The number of aryl methyl sites for hydroxylation is 2. The van der Waals surface area contributed by atoms with E-state index in [2.05, 4.69) is 12.1 Å². The number of rotatable bonds is 3. The number of phenols is 1. The average molecular weight is 266 g/mol. The number of hydrogen-bond donors (Lipinski definition) is 1. The second kappa shape index (κ2) is 5.12. The zero-order chi connectivity index (χ0) is 14.1. The van der Waals surface area contributed by atoms with E-state index < -0.39 is 0 Å². The largest absolute Gasteiger partial charge is 0.507 e. The molecule has 1 unspecified atom stereocenters. The first kappa shape index (κ1) is 12.9. The highest BCUT2D eigenvalue weighted by molar-refractivity contribution is 6.04. The van der Waals surface area contributed by atoms with E-state index in [9.17, 15) is 9.90 Å². The Labute approximate surface area is 119 Å². The number of carbonyl (C=O) groups excluding carboxylic acids is 1. The molecular weight excluding hydrogens is 248 g/mol. The van der Waals surface area contributed by atoms with Gasteiger partial charge in [0.15, 0.2) is 5.78 Å².